The summed E-state index contributed by atoms with van der Waals surface area (Å²) in [5.74, 6) is -1.38. The lowest BCUT2D eigenvalue weighted by Gasteiger charge is -2.32. The summed E-state index contributed by atoms with van der Waals surface area (Å²) >= 11 is 0. The third-order valence-corrected chi connectivity index (χ3v) is 10.4. The highest BCUT2D eigenvalue weighted by molar-refractivity contribution is 5.93. The number of amides is 1. The van der Waals surface area contributed by atoms with E-state index in [-0.39, 0.29) is 28.5 Å². The number of piperazine rings is 1. The Bertz CT molecular complexity index is 2480. The first-order valence-electron chi connectivity index (χ1n) is 17.7. The molecule has 1 amide bonds. The number of imidazole rings is 1. The molecule has 2 N–H and O–H groups in total. The van der Waals surface area contributed by atoms with Crippen LogP contribution in [0.25, 0.3) is 33.5 Å². The molecule has 8 rings (SSSR count). The second-order valence-corrected chi connectivity index (χ2v) is 14.0. The molecule has 0 unspecified atom stereocenters. The fourth-order valence-electron chi connectivity index (χ4n) is 7.60. The Morgan fingerprint density at radius 3 is 2.51 bits per heavy atom. The second-order valence-electron chi connectivity index (χ2n) is 14.0. The molecule has 1 aliphatic carbocycles. The molecule has 0 spiro atoms. The Hall–Kier alpha value is -5.73. The SMILES string of the molecule is CN1CCN(Cc2cc(O)ccc2-c2cccc(-n3c(=O)n(C4CCC(NC(=O)c5cn6cc(F)ccc6n5)CC4)c(=O)c4cc(F)cnc43)c2)CC1. The lowest BCUT2D eigenvalue weighted by Crippen LogP contribution is -2.45. The van der Waals surface area contributed by atoms with E-state index in [4.69, 9.17) is 0 Å². The third kappa shape index (κ3) is 6.82. The van der Waals surface area contributed by atoms with Crippen LogP contribution in [-0.2, 0) is 6.54 Å². The van der Waals surface area contributed by atoms with Gasteiger partial charge in [0.1, 0.15) is 28.7 Å². The first-order valence-corrected chi connectivity index (χ1v) is 17.7. The highest BCUT2D eigenvalue weighted by atomic mass is 19.1. The molecular weight excluding hydrogens is 682 g/mol. The van der Waals surface area contributed by atoms with Crippen molar-refractivity contribution in [1.82, 2.24) is 38.6 Å². The van der Waals surface area contributed by atoms with Gasteiger partial charge in [0.15, 0.2) is 5.65 Å². The zero-order chi connectivity index (χ0) is 36.8. The van der Waals surface area contributed by atoms with Gasteiger partial charge in [-0.05, 0) is 91.9 Å². The molecule has 1 saturated carbocycles. The van der Waals surface area contributed by atoms with Crippen LogP contribution in [0.1, 0.15) is 47.8 Å². The van der Waals surface area contributed by atoms with Crippen LogP contribution in [-0.4, -0.2) is 83.6 Å². The van der Waals surface area contributed by atoms with Crippen LogP contribution in [0, 0.1) is 11.6 Å². The monoisotopic (exact) mass is 720 g/mol. The normalized spacial score (nSPS) is 18.5. The smallest absolute Gasteiger partial charge is 0.337 e. The van der Waals surface area contributed by atoms with Crippen molar-refractivity contribution < 1.29 is 18.7 Å². The minimum absolute atomic E-state index is 0.0193. The van der Waals surface area contributed by atoms with E-state index >= 15 is 0 Å². The minimum Gasteiger partial charge on any atom is -0.508 e. The van der Waals surface area contributed by atoms with Crippen LogP contribution in [0.3, 0.4) is 0 Å². The number of fused-ring (bicyclic) bond motifs is 2. The summed E-state index contributed by atoms with van der Waals surface area (Å²) < 4.78 is 32.3. The van der Waals surface area contributed by atoms with E-state index in [0.717, 1.165) is 55.1 Å². The standard InChI is InChI=1S/C39H38F2N8O4/c1-45-13-15-46(16-14-45)21-25-18-31(50)10-11-32(25)24-3-2-4-30(17-24)48-36-33(19-27(41)20-42-36)38(52)49(39(48)53)29-8-6-28(7-9-29)43-37(51)34-23-47-22-26(40)5-12-35(47)44-34/h2-5,10-12,17-20,22-23,28-29,50H,6-9,13-16,21H2,1H3,(H,43,51). The summed E-state index contributed by atoms with van der Waals surface area (Å²) in [6, 6.07) is 15.8. The molecule has 5 heterocycles. The van der Waals surface area contributed by atoms with Gasteiger partial charge in [0.25, 0.3) is 11.5 Å². The Labute approximate surface area is 302 Å². The number of phenols is 1. The first kappa shape index (κ1) is 34.4. The molecule has 2 fully saturated rings. The highest BCUT2D eigenvalue weighted by Gasteiger charge is 2.29. The van der Waals surface area contributed by atoms with Gasteiger partial charge in [0.2, 0.25) is 0 Å². The van der Waals surface area contributed by atoms with E-state index in [1.54, 1.807) is 18.2 Å². The molecule has 6 aromatic rings. The number of nitrogens with one attached hydrogen (secondary N) is 1. The molecule has 12 nitrogen and oxygen atoms in total. The van der Waals surface area contributed by atoms with Crippen LogP contribution in [0.2, 0.25) is 0 Å². The van der Waals surface area contributed by atoms with E-state index in [1.165, 1.54) is 38.1 Å². The lowest BCUT2D eigenvalue weighted by atomic mass is 9.90. The maximum Gasteiger partial charge on any atom is 0.337 e. The van der Waals surface area contributed by atoms with Crippen LogP contribution < -0.4 is 16.6 Å². The van der Waals surface area contributed by atoms with E-state index < -0.39 is 34.8 Å². The zero-order valence-electron chi connectivity index (χ0n) is 29.1. The average molecular weight is 721 g/mol. The minimum atomic E-state index is -0.696. The molecule has 14 heteroatoms. The van der Waals surface area contributed by atoms with Gasteiger partial charge in [-0.15, -0.1) is 0 Å². The molecule has 2 aromatic carbocycles. The fourth-order valence-corrected chi connectivity index (χ4v) is 7.60. The topological polar surface area (TPSA) is 130 Å². The quantitative estimate of drug-likeness (QED) is 0.247. The van der Waals surface area contributed by atoms with Crippen LogP contribution in [0.15, 0.2) is 88.8 Å². The van der Waals surface area contributed by atoms with Crippen LogP contribution in [0.4, 0.5) is 8.78 Å². The summed E-state index contributed by atoms with van der Waals surface area (Å²) in [7, 11) is 2.10. The van der Waals surface area contributed by atoms with Crippen LogP contribution in [0.5, 0.6) is 5.75 Å². The van der Waals surface area contributed by atoms with Gasteiger partial charge < -0.3 is 19.7 Å². The molecule has 272 valence electrons. The first-order chi connectivity index (χ1) is 25.6. The summed E-state index contributed by atoms with van der Waals surface area (Å²) in [4.78, 5) is 54.5. The van der Waals surface area contributed by atoms with Gasteiger partial charge in [-0.1, -0.05) is 18.2 Å². The average Bonchev–Trinajstić information content (AvgIpc) is 3.57. The number of rotatable bonds is 7. The van der Waals surface area contributed by atoms with Gasteiger partial charge >= 0.3 is 5.69 Å². The number of nitrogens with zero attached hydrogens (tertiary/aromatic N) is 7. The Kier molecular flexibility index (Phi) is 9.08. The molecule has 4 aromatic heterocycles. The van der Waals surface area contributed by atoms with Crippen molar-refractivity contribution in [3.05, 3.63) is 123 Å². The zero-order valence-corrected chi connectivity index (χ0v) is 29.1. The van der Waals surface area contributed by atoms with Crippen LogP contribution >= 0.6 is 0 Å². The molecular formula is C39H38F2N8O4. The number of aromatic hydroxyl groups is 1. The highest BCUT2D eigenvalue weighted by Crippen LogP contribution is 2.31. The number of pyridine rings is 2. The molecule has 2 aliphatic rings. The molecule has 1 aliphatic heterocycles. The van der Waals surface area contributed by atoms with Gasteiger partial charge in [0.05, 0.1) is 17.3 Å². The fraction of sp³-hybridized carbons (Fsp3) is 0.308. The Morgan fingerprint density at radius 1 is 0.925 bits per heavy atom. The van der Waals surface area contributed by atoms with Crippen molar-refractivity contribution in [3.63, 3.8) is 0 Å². The second kappa shape index (κ2) is 14.0. The van der Waals surface area contributed by atoms with Crippen molar-refractivity contribution in [2.24, 2.45) is 0 Å². The molecule has 0 radical (unpaired) electrons. The summed E-state index contributed by atoms with van der Waals surface area (Å²) in [6.07, 6.45) is 5.49. The molecule has 0 bridgehead atoms. The van der Waals surface area contributed by atoms with Crippen molar-refractivity contribution in [2.75, 3.05) is 33.2 Å². The maximum atomic E-state index is 14.6. The van der Waals surface area contributed by atoms with E-state index in [2.05, 4.69) is 32.1 Å². The van der Waals surface area contributed by atoms with E-state index in [0.29, 0.717) is 43.6 Å². The molecule has 0 atom stereocenters. The lowest BCUT2D eigenvalue weighted by molar-refractivity contribution is 0.0917. The Balaban J connectivity index is 1.09. The number of halogens is 2. The van der Waals surface area contributed by atoms with E-state index in [1.807, 2.05) is 24.3 Å². The van der Waals surface area contributed by atoms with E-state index in [9.17, 15) is 28.3 Å². The van der Waals surface area contributed by atoms with Gasteiger partial charge in [0, 0.05) is 57.2 Å². The number of phenolic OH excluding ortho intramolecular Hbond substituents is 1. The number of hydrogen-bond acceptors (Lipinski definition) is 8. The maximum absolute atomic E-state index is 14.6. The molecule has 1 saturated heterocycles. The van der Waals surface area contributed by atoms with Crippen molar-refractivity contribution in [3.8, 4) is 22.6 Å². The molecule has 53 heavy (non-hydrogen) atoms. The summed E-state index contributed by atoms with van der Waals surface area (Å²) in [5.41, 5.74) is 2.52. The third-order valence-electron chi connectivity index (χ3n) is 10.4. The predicted molar refractivity (Wildman–Crippen MR) is 195 cm³/mol. The predicted octanol–water partition coefficient (Wildman–Crippen LogP) is 4.51. The number of benzene rings is 2. The number of carbonyl (C=O) groups is 1. The summed E-state index contributed by atoms with van der Waals surface area (Å²) in [5, 5.41) is 13.4. The van der Waals surface area contributed by atoms with Gasteiger partial charge in [-0.2, -0.15) is 0 Å². The van der Waals surface area contributed by atoms with Gasteiger partial charge in [-0.3, -0.25) is 19.1 Å². The summed E-state index contributed by atoms with van der Waals surface area (Å²) in [6.45, 7) is 4.33. The van der Waals surface area contributed by atoms with Crippen molar-refractivity contribution in [2.45, 2.75) is 44.3 Å². The van der Waals surface area contributed by atoms with Crippen molar-refractivity contribution in [1.29, 1.82) is 0 Å². The number of carbonyl (C=O) groups excluding carboxylic acids is 1. The number of likely N-dealkylation sites (N-methyl/N-ethyl adjacent to an activating group) is 1. The number of hydrogen-bond donors (Lipinski definition) is 2. The Morgan fingerprint density at radius 2 is 1.72 bits per heavy atom. The largest absolute Gasteiger partial charge is 0.508 e. The van der Waals surface area contributed by atoms with Gasteiger partial charge in [-0.25, -0.2) is 28.1 Å². The van der Waals surface area contributed by atoms with Crippen molar-refractivity contribution >= 4 is 22.6 Å². The number of aromatic nitrogens is 5.